The highest BCUT2D eigenvalue weighted by molar-refractivity contribution is 5.79. The second-order valence-corrected chi connectivity index (χ2v) is 7.65. The van der Waals surface area contributed by atoms with Crippen LogP contribution >= 0.6 is 0 Å². The fourth-order valence-electron chi connectivity index (χ4n) is 3.04. The third-order valence-corrected chi connectivity index (χ3v) is 5.06. The second-order valence-electron chi connectivity index (χ2n) is 7.65. The van der Waals surface area contributed by atoms with Gasteiger partial charge in [0.05, 0.1) is 0 Å². The summed E-state index contributed by atoms with van der Waals surface area (Å²) in [4.78, 5) is 11.5. The number of Topliss-reactive ketones (excluding diaryl/α,β-unsaturated/α-hetero) is 1. The van der Waals surface area contributed by atoms with Gasteiger partial charge in [-0.15, -0.1) is 0 Å². The molecule has 0 aromatic carbocycles. The minimum absolute atomic E-state index is 0.374. The van der Waals surface area contributed by atoms with Gasteiger partial charge < -0.3 is 0 Å². The minimum Gasteiger partial charge on any atom is -0.300 e. The molecule has 1 rings (SSSR count). The van der Waals surface area contributed by atoms with E-state index in [1.54, 1.807) is 0 Å². The third-order valence-electron chi connectivity index (χ3n) is 5.06. The fraction of sp³-hybridized carbons (Fsp3) is 0.938. The van der Waals surface area contributed by atoms with Crippen molar-refractivity contribution in [2.45, 2.75) is 73.6 Å². The Hall–Kier alpha value is -0.330. The van der Waals surface area contributed by atoms with Gasteiger partial charge in [0.25, 0.3) is 0 Å². The molecule has 0 aromatic heterocycles. The van der Waals surface area contributed by atoms with Gasteiger partial charge in [-0.25, -0.2) is 0 Å². The van der Waals surface area contributed by atoms with Gasteiger partial charge in [-0.2, -0.15) is 0 Å². The molecule has 0 N–H and O–H groups in total. The van der Waals surface area contributed by atoms with Crippen LogP contribution in [0, 0.1) is 22.7 Å². The number of hydrogen-bond acceptors (Lipinski definition) is 1. The molecular weight excluding hydrogens is 208 g/mol. The summed E-state index contributed by atoms with van der Waals surface area (Å²) in [5, 5.41) is 0. The predicted octanol–water partition coefficient (Wildman–Crippen LogP) is 4.84. The third kappa shape index (κ3) is 3.82. The molecule has 3 atom stereocenters. The molecule has 0 aliphatic heterocycles. The van der Waals surface area contributed by atoms with E-state index in [4.69, 9.17) is 0 Å². The molecule has 0 amide bonds. The van der Waals surface area contributed by atoms with Crippen LogP contribution in [-0.4, -0.2) is 5.78 Å². The van der Waals surface area contributed by atoms with E-state index in [0.717, 1.165) is 25.2 Å². The maximum atomic E-state index is 11.5. The van der Waals surface area contributed by atoms with Crippen molar-refractivity contribution in [2.24, 2.45) is 22.7 Å². The van der Waals surface area contributed by atoms with Crippen molar-refractivity contribution in [3.8, 4) is 0 Å². The summed E-state index contributed by atoms with van der Waals surface area (Å²) in [6.45, 7) is 14.0. The van der Waals surface area contributed by atoms with E-state index in [-0.39, 0.29) is 0 Å². The van der Waals surface area contributed by atoms with Crippen LogP contribution in [-0.2, 0) is 4.79 Å². The highest BCUT2D eigenvalue weighted by Crippen LogP contribution is 2.47. The van der Waals surface area contributed by atoms with Crippen molar-refractivity contribution < 1.29 is 4.79 Å². The summed E-state index contributed by atoms with van der Waals surface area (Å²) in [6.07, 6.45) is 5.28. The first kappa shape index (κ1) is 14.7. The zero-order valence-electron chi connectivity index (χ0n) is 12.6. The van der Waals surface area contributed by atoms with Crippen LogP contribution in [0.4, 0.5) is 0 Å². The molecule has 100 valence electrons. The van der Waals surface area contributed by atoms with Crippen molar-refractivity contribution in [3.63, 3.8) is 0 Å². The molecule has 1 heteroatoms. The number of carbonyl (C=O) groups excluding carboxylic acids is 1. The molecular formula is C16H30O. The van der Waals surface area contributed by atoms with Gasteiger partial charge in [0.1, 0.15) is 5.78 Å². The summed E-state index contributed by atoms with van der Waals surface area (Å²) in [5.74, 6) is 1.75. The molecule has 0 saturated heterocycles. The van der Waals surface area contributed by atoms with Gasteiger partial charge in [0.2, 0.25) is 0 Å². The van der Waals surface area contributed by atoms with Crippen LogP contribution in [0.5, 0.6) is 0 Å². The maximum Gasteiger partial charge on any atom is 0.133 e. The second kappa shape index (κ2) is 5.12. The van der Waals surface area contributed by atoms with E-state index in [1.807, 2.05) is 0 Å². The number of carbonyl (C=O) groups is 1. The molecule has 1 saturated carbocycles. The summed E-state index contributed by atoms with van der Waals surface area (Å²) < 4.78 is 0. The quantitative estimate of drug-likeness (QED) is 0.687. The zero-order valence-corrected chi connectivity index (χ0v) is 12.6. The Kier molecular flexibility index (Phi) is 4.43. The highest BCUT2D eigenvalue weighted by atomic mass is 16.1. The first-order valence-corrected chi connectivity index (χ1v) is 7.17. The van der Waals surface area contributed by atoms with Crippen LogP contribution in [0.1, 0.15) is 73.6 Å². The molecule has 1 nitrogen and oxygen atoms in total. The van der Waals surface area contributed by atoms with Crippen molar-refractivity contribution >= 4 is 5.78 Å². The normalized spacial score (nSPS) is 32.6. The average Bonchev–Trinajstić information content (AvgIpc) is 2.19. The highest BCUT2D eigenvalue weighted by Gasteiger charge is 2.40. The Morgan fingerprint density at radius 2 is 2.00 bits per heavy atom. The largest absolute Gasteiger partial charge is 0.300 e. The summed E-state index contributed by atoms with van der Waals surface area (Å²) in [7, 11) is 0. The minimum atomic E-state index is 0.374. The molecule has 1 aliphatic carbocycles. The Bertz CT molecular complexity index is 274. The van der Waals surface area contributed by atoms with Crippen molar-refractivity contribution in [2.75, 3.05) is 0 Å². The van der Waals surface area contributed by atoms with E-state index in [9.17, 15) is 4.79 Å². The Labute approximate surface area is 107 Å². The Balaban J connectivity index is 2.60. The van der Waals surface area contributed by atoms with Gasteiger partial charge in [-0.1, -0.05) is 41.5 Å². The maximum absolute atomic E-state index is 11.5. The van der Waals surface area contributed by atoms with Crippen LogP contribution in [0.3, 0.4) is 0 Å². The van der Waals surface area contributed by atoms with Crippen LogP contribution in [0.25, 0.3) is 0 Å². The molecule has 17 heavy (non-hydrogen) atoms. The van der Waals surface area contributed by atoms with Crippen LogP contribution in [0.2, 0.25) is 0 Å². The molecule has 1 fully saturated rings. The summed E-state index contributed by atoms with van der Waals surface area (Å²) >= 11 is 0. The Morgan fingerprint density at radius 3 is 2.47 bits per heavy atom. The first-order chi connectivity index (χ1) is 7.65. The van der Waals surface area contributed by atoms with E-state index in [2.05, 4.69) is 41.5 Å². The predicted molar refractivity (Wildman–Crippen MR) is 74.0 cm³/mol. The number of rotatable bonds is 3. The lowest BCUT2D eigenvalue weighted by Crippen LogP contribution is -2.38. The molecule has 0 heterocycles. The van der Waals surface area contributed by atoms with E-state index < -0.39 is 0 Å². The lowest BCUT2D eigenvalue weighted by Gasteiger charge is -2.44. The summed E-state index contributed by atoms with van der Waals surface area (Å²) in [6, 6.07) is 0. The molecule has 0 bridgehead atoms. The standard InChI is InChI=1S/C16H30O/c1-12(7-9-15(3,4)5)16(6)10-8-14(17)11-13(16)2/h12-13H,7-11H2,1-6H3/t12?,13?,16-/m1/s1. The van der Waals surface area contributed by atoms with Crippen molar-refractivity contribution in [1.82, 2.24) is 0 Å². The van der Waals surface area contributed by atoms with Crippen LogP contribution < -0.4 is 0 Å². The SMILES string of the molecule is CC(CCC(C)(C)C)[C@@]1(C)CCC(=O)CC1C. The topological polar surface area (TPSA) is 17.1 Å². The van der Waals surface area contributed by atoms with Gasteiger partial charge in [-0.3, -0.25) is 4.79 Å². The lowest BCUT2D eigenvalue weighted by molar-refractivity contribution is -0.125. The van der Waals surface area contributed by atoms with Gasteiger partial charge >= 0.3 is 0 Å². The summed E-state index contributed by atoms with van der Waals surface area (Å²) in [5.41, 5.74) is 0.803. The van der Waals surface area contributed by atoms with E-state index >= 15 is 0 Å². The van der Waals surface area contributed by atoms with Crippen LogP contribution in [0.15, 0.2) is 0 Å². The van der Waals surface area contributed by atoms with Crippen molar-refractivity contribution in [3.05, 3.63) is 0 Å². The molecule has 0 aromatic rings. The van der Waals surface area contributed by atoms with E-state index in [0.29, 0.717) is 22.5 Å². The monoisotopic (exact) mass is 238 g/mol. The molecule has 2 unspecified atom stereocenters. The molecule has 0 radical (unpaired) electrons. The molecule has 1 aliphatic rings. The number of ketones is 1. The van der Waals surface area contributed by atoms with Crippen molar-refractivity contribution in [1.29, 1.82) is 0 Å². The first-order valence-electron chi connectivity index (χ1n) is 7.17. The Morgan fingerprint density at radius 1 is 1.41 bits per heavy atom. The van der Waals surface area contributed by atoms with Gasteiger partial charge in [0, 0.05) is 12.8 Å². The van der Waals surface area contributed by atoms with Gasteiger partial charge in [-0.05, 0) is 41.9 Å². The smallest absolute Gasteiger partial charge is 0.133 e. The lowest BCUT2D eigenvalue weighted by atomic mass is 9.60. The number of hydrogen-bond donors (Lipinski definition) is 0. The average molecular weight is 238 g/mol. The molecule has 0 spiro atoms. The zero-order chi connectivity index (χ0) is 13.3. The fourth-order valence-corrected chi connectivity index (χ4v) is 3.04. The van der Waals surface area contributed by atoms with E-state index in [1.165, 1.54) is 12.8 Å². The van der Waals surface area contributed by atoms with Gasteiger partial charge in [0.15, 0.2) is 0 Å².